The summed E-state index contributed by atoms with van der Waals surface area (Å²) in [5, 5.41) is 3.20. The van der Waals surface area contributed by atoms with Gasteiger partial charge in [0.25, 0.3) is 0 Å². The first-order valence-corrected chi connectivity index (χ1v) is 16.4. The zero-order valence-electron chi connectivity index (χ0n) is 24.2. The quantitative estimate of drug-likeness (QED) is 0.327. The normalized spacial score (nSPS) is 14.8. The third kappa shape index (κ3) is 9.54. The van der Waals surface area contributed by atoms with E-state index in [0.717, 1.165) is 31.2 Å². The highest BCUT2D eigenvalue weighted by Crippen LogP contribution is 2.23. The third-order valence-electron chi connectivity index (χ3n) is 7.41. The Morgan fingerprint density at radius 2 is 1.65 bits per heavy atom. The summed E-state index contributed by atoms with van der Waals surface area (Å²) < 4.78 is 32.0. The molecule has 1 aliphatic carbocycles. The number of nitrogens with one attached hydrogen (secondary N) is 1. The summed E-state index contributed by atoms with van der Waals surface area (Å²) in [6, 6.07) is 16.4. The van der Waals surface area contributed by atoms with Crippen LogP contribution in [-0.2, 0) is 26.0 Å². The molecule has 1 fully saturated rings. The summed E-state index contributed by atoms with van der Waals surface area (Å²) in [5.74, 6) is 0.436. The minimum atomic E-state index is -3.55. The van der Waals surface area contributed by atoms with Crippen molar-refractivity contribution in [1.82, 2.24) is 10.2 Å². The SMILES string of the molecule is CCOc1ccc(N(CCCC(=O)N(CCc2ccccc2)[C@@H](CC)C(=O)NC2CCCCC2)S(C)(=O)=O)cc1. The van der Waals surface area contributed by atoms with E-state index in [2.05, 4.69) is 5.32 Å². The second-order valence-electron chi connectivity index (χ2n) is 10.5. The zero-order chi connectivity index (χ0) is 29.0. The van der Waals surface area contributed by atoms with Crippen molar-refractivity contribution in [3.63, 3.8) is 0 Å². The van der Waals surface area contributed by atoms with E-state index >= 15 is 0 Å². The molecule has 9 heteroatoms. The number of hydrogen-bond acceptors (Lipinski definition) is 5. The van der Waals surface area contributed by atoms with Crippen molar-refractivity contribution < 1.29 is 22.7 Å². The number of benzene rings is 2. The van der Waals surface area contributed by atoms with Gasteiger partial charge in [0, 0.05) is 25.6 Å². The standard InChI is InChI=1S/C31H45N3O5S/c1-4-29(31(36)32-26-15-10-7-11-16-26)33(24-22-25-13-8-6-9-14-25)30(35)17-12-23-34(40(3,37)38)27-18-20-28(21-19-27)39-5-2/h6,8-9,13-14,18-21,26,29H,4-5,7,10-12,15-17,22-24H2,1-3H3,(H,32,36)/t29-/m0/s1. The Morgan fingerprint density at radius 1 is 0.975 bits per heavy atom. The van der Waals surface area contributed by atoms with Crippen molar-refractivity contribution in [2.45, 2.75) is 83.7 Å². The molecule has 2 amide bonds. The summed E-state index contributed by atoms with van der Waals surface area (Å²) in [5.41, 5.74) is 1.62. The van der Waals surface area contributed by atoms with Gasteiger partial charge in [-0.25, -0.2) is 8.42 Å². The Morgan fingerprint density at radius 3 is 2.25 bits per heavy atom. The lowest BCUT2D eigenvalue weighted by molar-refractivity contribution is -0.141. The van der Waals surface area contributed by atoms with E-state index in [0.29, 0.717) is 43.9 Å². The number of amides is 2. The number of nitrogens with zero attached hydrogens (tertiary/aromatic N) is 2. The molecule has 1 saturated carbocycles. The Hall–Kier alpha value is -3.07. The molecule has 0 aromatic heterocycles. The molecule has 0 saturated heterocycles. The van der Waals surface area contributed by atoms with E-state index in [1.807, 2.05) is 44.2 Å². The van der Waals surface area contributed by atoms with Gasteiger partial charge in [-0.2, -0.15) is 0 Å². The van der Waals surface area contributed by atoms with Gasteiger partial charge in [-0.3, -0.25) is 13.9 Å². The maximum atomic E-state index is 13.6. The number of hydrogen-bond donors (Lipinski definition) is 1. The maximum absolute atomic E-state index is 13.6. The Bertz CT molecular complexity index is 1170. The molecule has 3 rings (SSSR count). The average molecular weight is 572 g/mol. The fourth-order valence-electron chi connectivity index (χ4n) is 5.32. The van der Waals surface area contributed by atoms with Crippen LogP contribution in [0.25, 0.3) is 0 Å². The van der Waals surface area contributed by atoms with Crippen LogP contribution >= 0.6 is 0 Å². The van der Waals surface area contributed by atoms with E-state index < -0.39 is 16.1 Å². The summed E-state index contributed by atoms with van der Waals surface area (Å²) in [7, 11) is -3.55. The van der Waals surface area contributed by atoms with Crippen LogP contribution in [-0.4, -0.2) is 63.2 Å². The van der Waals surface area contributed by atoms with Gasteiger partial charge in [-0.05, 0) is 68.9 Å². The number of ether oxygens (including phenoxy) is 1. The first-order chi connectivity index (χ1) is 19.2. The van der Waals surface area contributed by atoms with E-state index in [1.165, 1.54) is 17.0 Å². The van der Waals surface area contributed by atoms with Gasteiger partial charge in [-0.15, -0.1) is 0 Å². The summed E-state index contributed by atoms with van der Waals surface area (Å²) >= 11 is 0. The van der Waals surface area contributed by atoms with Crippen molar-refractivity contribution in [3.8, 4) is 5.75 Å². The van der Waals surface area contributed by atoms with Crippen molar-refractivity contribution in [3.05, 3.63) is 60.2 Å². The molecule has 1 N–H and O–H groups in total. The molecular weight excluding hydrogens is 526 g/mol. The summed E-state index contributed by atoms with van der Waals surface area (Å²) in [4.78, 5) is 28.7. The molecule has 0 bridgehead atoms. The fourth-order valence-corrected chi connectivity index (χ4v) is 6.28. The Labute approximate surface area is 240 Å². The molecule has 8 nitrogen and oxygen atoms in total. The molecule has 0 aliphatic heterocycles. The van der Waals surface area contributed by atoms with Crippen LogP contribution in [0.1, 0.15) is 70.8 Å². The van der Waals surface area contributed by atoms with E-state index in [9.17, 15) is 18.0 Å². The van der Waals surface area contributed by atoms with Crippen LogP contribution in [0.4, 0.5) is 5.69 Å². The maximum Gasteiger partial charge on any atom is 0.243 e. The number of carbonyl (C=O) groups excluding carboxylic acids is 2. The number of rotatable bonds is 15. The second-order valence-corrected chi connectivity index (χ2v) is 12.4. The predicted octanol–water partition coefficient (Wildman–Crippen LogP) is 4.93. The molecule has 0 spiro atoms. The van der Waals surface area contributed by atoms with Gasteiger partial charge in [0.15, 0.2) is 0 Å². The van der Waals surface area contributed by atoms with Crippen LogP contribution in [0, 0.1) is 0 Å². The highest BCUT2D eigenvalue weighted by Gasteiger charge is 2.30. The summed E-state index contributed by atoms with van der Waals surface area (Å²) in [6.45, 7) is 4.94. The Balaban J connectivity index is 1.70. The van der Waals surface area contributed by atoms with Gasteiger partial charge >= 0.3 is 0 Å². The van der Waals surface area contributed by atoms with Crippen molar-refractivity contribution in [2.75, 3.05) is 30.3 Å². The van der Waals surface area contributed by atoms with Gasteiger partial charge in [0.05, 0.1) is 18.6 Å². The molecule has 1 atom stereocenters. The minimum Gasteiger partial charge on any atom is -0.494 e. The van der Waals surface area contributed by atoms with Gasteiger partial charge in [-0.1, -0.05) is 56.5 Å². The second kappa shape index (κ2) is 15.6. The smallest absolute Gasteiger partial charge is 0.243 e. The van der Waals surface area contributed by atoms with Crippen LogP contribution < -0.4 is 14.4 Å². The van der Waals surface area contributed by atoms with Crippen molar-refractivity contribution >= 4 is 27.5 Å². The molecule has 220 valence electrons. The van der Waals surface area contributed by atoms with Crippen LogP contribution in [0.2, 0.25) is 0 Å². The highest BCUT2D eigenvalue weighted by atomic mass is 32.2. The lowest BCUT2D eigenvalue weighted by Crippen LogP contribution is -2.52. The molecular formula is C31H45N3O5S. The lowest BCUT2D eigenvalue weighted by atomic mass is 9.95. The monoisotopic (exact) mass is 571 g/mol. The fraction of sp³-hybridized carbons (Fsp3) is 0.548. The predicted molar refractivity (Wildman–Crippen MR) is 160 cm³/mol. The topological polar surface area (TPSA) is 96.0 Å². The summed E-state index contributed by atoms with van der Waals surface area (Å²) in [6.07, 6.45) is 8.19. The van der Waals surface area contributed by atoms with Gasteiger partial charge in [0.1, 0.15) is 11.8 Å². The molecule has 2 aromatic carbocycles. The molecule has 0 radical (unpaired) electrons. The Kier molecular flexibility index (Phi) is 12.3. The molecule has 0 heterocycles. The number of carbonyl (C=O) groups is 2. The highest BCUT2D eigenvalue weighted by molar-refractivity contribution is 7.92. The van der Waals surface area contributed by atoms with Gasteiger partial charge in [0.2, 0.25) is 21.8 Å². The first kappa shape index (κ1) is 31.5. The zero-order valence-corrected chi connectivity index (χ0v) is 25.0. The number of sulfonamides is 1. The largest absolute Gasteiger partial charge is 0.494 e. The van der Waals surface area contributed by atoms with Crippen molar-refractivity contribution in [1.29, 1.82) is 0 Å². The minimum absolute atomic E-state index is 0.0945. The molecule has 40 heavy (non-hydrogen) atoms. The first-order valence-electron chi connectivity index (χ1n) is 14.6. The van der Waals surface area contributed by atoms with Gasteiger partial charge < -0.3 is 15.0 Å². The van der Waals surface area contributed by atoms with Crippen LogP contribution in [0.15, 0.2) is 54.6 Å². The molecule has 2 aromatic rings. The average Bonchev–Trinajstić information content (AvgIpc) is 2.94. The van der Waals surface area contributed by atoms with Crippen LogP contribution in [0.3, 0.4) is 0 Å². The molecule has 0 unspecified atom stereocenters. The lowest BCUT2D eigenvalue weighted by Gasteiger charge is -2.33. The van der Waals surface area contributed by atoms with E-state index in [1.54, 1.807) is 29.2 Å². The number of anilines is 1. The third-order valence-corrected chi connectivity index (χ3v) is 8.60. The molecule has 1 aliphatic rings. The van der Waals surface area contributed by atoms with E-state index in [4.69, 9.17) is 4.74 Å². The van der Waals surface area contributed by atoms with Crippen LogP contribution in [0.5, 0.6) is 5.75 Å². The van der Waals surface area contributed by atoms with Crippen molar-refractivity contribution in [2.24, 2.45) is 0 Å². The van der Waals surface area contributed by atoms with E-state index in [-0.39, 0.29) is 30.8 Å².